The number of nitrogen functional groups attached to an aromatic ring is 1. The smallest absolute Gasteiger partial charge is 0.304 e. The Morgan fingerprint density at radius 3 is 2.92 bits per heavy atom. The molecule has 5 nitrogen and oxygen atoms in total. The molecular weight excluding hydrogens is 158 g/mol. The molecule has 0 saturated carbocycles. The zero-order chi connectivity index (χ0) is 9.14. The average Bonchev–Trinajstić information content (AvgIpc) is 2.26. The topological polar surface area (TPSA) is 70.1 Å². The monoisotopic (exact) mass is 169 g/mol. The number of aromatic nitrogens is 2. The molecule has 5 heteroatoms. The maximum absolute atomic E-state index is 10.4. The summed E-state index contributed by atoms with van der Waals surface area (Å²) in [5.41, 5.74) is 5.41. The molecule has 0 radical (unpaired) electrons. The Labute approximate surface area is 70.1 Å². The van der Waals surface area contributed by atoms with E-state index in [1.165, 1.54) is 6.92 Å². The average molecular weight is 169 g/mol. The lowest BCUT2D eigenvalue weighted by Crippen LogP contribution is -2.06. The highest BCUT2D eigenvalue weighted by atomic mass is 16.5. The van der Waals surface area contributed by atoms with E-state index in [0.29, 0.717) is 5.82 Å². The lowest BCUT2D eigenvalue weighted by molar-refractivity contribution is -0.144. The maximum atomic E-state index is 10.4. The number of carbonyl (C=O) groups excluding carboxylic acids is 1. The number of nitrogens with zero attached hydrogens (tertiary/aromatic N) is 2. The predicted molar refractivity (Wildman–Crippen MR) is 43.1 cm³/mol. The molecular formula is C7H11N3O2. The second kappa shape index (κ2) is 3.25. The fraction of sp³-hybridized carbons (Fsp3) is 0.429. The standard InChI is InChI=1S/C7H11N3O2/c1-5-9-7(8)3-10(5)4-12-6(2)11/h3H,4,8H2,1-2H3. The van der Waals surface area contributed by atoms with Crippen molar-refractivity contribution in [3.05, 3.63) is 12.0 Å². The van der Waals surface area contributed by atoms with Crippen LogP contribution in [0.3, 0.4) is 0 Å². The molecule has 0 saturated heterocycles. The van der Waals surface area contributed by atoms with Crippen LogP contribution in [0.15, 0.2) is 6.20 Å². The Hall–Kier alpha value is -1.52. The van der Waals surface area contributed by atoms with Crippen molar-refractivity contribution in [3.8, 4) is 0 Å². The molecule has 1 rings (SSSR count). The minimum atomic E-state index is -0.318. The van der Waals surface area contributed by atoms with Gasteiger partial charge in [0.1, 0.15) is 11.6 Å². The molecule has 66 valence electrons. The Morgan fingerprint density at radius 2 is 2.50 bits per heavy atom. The zero-order valence-corrected chi connectivity index (χ0v) is 7.07. The van der Waals surface area contributed by atoms with Gasteiger partial charge in [-0.3, -0.25) is 9.36 Å². The molecule has 0 atom stereocenters. The molecule has 0 fully saturated rings. The number of carbonyl (C=O) groups is 1. The third-order valence-corrected chi connectivity index (χ3v) is 1.40. The third-order valence-electron chi connectivity index (χ3n) is 1.40. The number of imidazole rings is 1. The van der Waals surface area contributed by atoms with Crippen molar-refractivity contribution in [2.75, 3.05) is 5.73 Å². The largest absolute Gasteiger partial charge is 0.444 e. The number of rotatable bonds is 2. The van der Waals surface area contributed by atoms with E-state index >= 15 is 0 Å². The van der Waals surface area contributed by atoms with Crippen LogP contribution in [-0.2, 0) is 16.3 Å². The summed E-state index contributed by atoms with van der Waals surface area (Å²) < 4.78 is 6.41. The number of hydrogen-bond donors (Lipinski definition) is 1. The minimum Gasteiger partial charge on any atom is -0.444 e. The number of aryl methyl sites for hydroxylation is 1. The van der Waals surface area contributed by atoms with Crippen molar-refractivity contribution in [3.63, 3.8) is 0 Å². The first-order valence-corrected chi connectivity index (χ1v) is 3.52. The molecule has 0 bridgehead atoms. The van der Waals surface area contributed by atoms with Gasteiger partial charge in [-0.25, -0.2) is 4.98 Å². The van der Waals surface area contributed by atoms with Gasteiger partial charge in [0.2, 0.25) is 0 Å². The van der Waals surface area contributed by atoms with Crippen LogP contribution in [0.25, 0.3) is 0 Å². The van der Waals surface area contributed by atoms with Crippen LogP contribution < -0.4 is 5.73 Å². The van der Waals surface area contributed by atoms with E-state index in [1.807, 2.05) is 0 Å². The van der Waals surface area contributed by atoms with E-state index < -0.39 is 0 Å². The summed E-state index contributed by atoms with van der Waals surface area (Å²) in [5, 5.41) is 0. The Morgan fingerprint density at radius 1 is 1.83 bits per heavy atom. The first kappa shape index (κ1) is 8.58. The molecule has 0 aliphatic rings. The van der Waals surface area contributed by atoms with E-state index in [2.05, 4.69) is 4.98 Å². The quantitative estimate of drug-likeness (QED) is 0.646. The van der Waals surface area contributed by atoms with Gasteiger partial charge < -0.3 is 10.5 Å². The lowest BCUT2D eigenvalue weighted by atomic mass is 10.7. The summed E-state index contributed by atoms with van der Waals surface area (Å²) in [7, 11) is 0. The van der Waals surface area contributed by atoms with E-state index in [4.69, 9.17) is 10.5 Å². The molecule has 0 aliphatic heterocycles. The van der Waals surface area contributed by atoms with Gasteiger partial charge in [0.15, 0.2) is 6.73 Å². The van der Waals surface area contributed by atoms with Gasteiger partial charge in [0.25, 0.3) is 0 Å². The summed E-state index contributed by atoms with van der Waals surface area (Å²) in [5.74, 6) is 0.843. The van der Waals surface area contributed by atoms with Gasteiger partial charge in [-0.15, -0.1) is 0 Å². The number of ether oxygens (including phenoxy) is 1. The highest BCUT2D eigenvalue weighted by Crippen LogP contribution is 2.03. The van der Waals surface area contributed by atoms with Crippen molar-refractivity contribution in [1.29, 1.82) is 0 Å². The van der Waals surface area contributed by atoms with Crippen LogP contribution >= 0.6 is 0 Å². The summed E-state index contributed by atoms with van der Waals surface area (Å²) in [4.78, 5) is 14.4. The Balaban J connectivity index is 2.62. The number of esters is 1. The van der Waals surface area contributed by atoms with Crippen LogP contribution in [0.4, 0.5) is 5.82 Å². The summed E-state index contributed by atoms with van der Waals surface area (Å²) in [6, 6.07) is 0. The molecule has 0 spiro atoms. The normalized spacial score (nSPS) is 9.83. The highest BCUT2D eigenvalue weighted by molar-refractivity contribution is 5.65. The number of hydrogen-bond acceptors (Lipinski definition) is 4. The van der Waals surface area contributed by atoms with E-state index in [-0.39, 0.29) is 12.7 Å². The van der Waals surface area contributed by atoms with Crippen LogP contribution in [-0.4, -0.2) is 15.5 Å². The predicted octanol–water partition coefficient (Wildman–Crippen LogP) is 0.294. The van der Waals surface area contributed by atoms with Crippen molar-refractivity contribution < 1.29 is 9.53 Å². The van der Waals surface area contributed by atoms with Crippen molar-refractivity contribution in [1.82, 2.24) is 9.55 Å². The molecule has 0 aromatic carbocycles. The number of nitrogens with two attached hydrogens (primary N) is 1. The van der Waals surface area contributed by atoms with Crippen LogP contribution in [0, 0.1) is 6.92 Å². The van der Waals surface area contributed by atoms with Gasteiger partial charge in [0, 0.05) is 6.92 Å². The van der Waals surface area contributed by atoms with E-state index in [1.54, 1.807) is 17.7 Å². The molecule has 0 aliphatic carbocycles. The Bertz CT molecular complexity index is 293. The molecule has 2 N–H and O–H groups in total. The molecule has 1 heterocycles. The number of anilines is 1. The van der Waals surface area contributed by atoms with Crippen LogP contribution in [0.2, 0.25) is 0 Å². The SMILES string of the molecule is CC(=O)OCn1cc(N)nc1C. The van der Waals surface area contributed by atoms with Crippen molar-refractivity contribution in [2.45, 2.75) is 20.6 Å². The molecule has 0 amide bonds. The Kier molecular flexibility index (Phi) is 2.32. The summed E-state index contributed by atoms with van der Waals surface area (Å²) in [6.45, 7) is 3.32. The second-order valence-electron chi connectivity index (χ2n) is 2.45. The van der Waals surface area contributed by atoms with Gasteiger partial charge >= 0.3 is 5.97 Å². The molecule has 1 aromatic rings. The zero-order valence-electron chi connectivity index (χ0n) is 7.07. The summed E-state index contributed by atoms with van der Waals surface area (Å²) >= 11 is 0. The molecule has 12 heavy (non-hydrogen) atoms. The van der Waals surface area contributed by atoms with E-state index in [0.717, 1.165) is 5.82 Å². The first-order valence-electron chi connectivity index (χ1n) is 3.52. The van der Waals surface area contributed by atoms with Gasteiger partial charge in [-0.05, 0) is 6.92 Å². The molecule has 0 unspecified atom stereocenters. The van der Waals surface area contributed by atoms with Gasteiger partial charge in [-0.2, -0.15) is 0 Å². The first-order chi connectivity index (χ1) is 5.59. The lowest BCUT2D eigenvalue weighted by Gasteiger charge is -2.03. The maximum Gasteiger partial charge on any atom is 0.304 e. The molecule has 1 aromatic heterocycles. The van der Waals surface area contributed by atoms with Crippen molar-refractivity contribution >= 4 is 11.8 Å². The van der Waals surface area contributed by atoms with Crippen LogP contribution in [0.1, 0.15) is 12.7 Å². The van der Waals surface area contributed by atoms with Crippen LogP contribution in [0.5, 0.6) is 0 Å². The van der Waals surface area contributed by atoms with E-state index in [9.17, 15) is 4.79 Å². The van der Waals surface area contributed by atoms with Gasteiger partial charge in [-0.1, -0.05) is 0 Å². The third kappa shape index (κ3) is 1.98. The summed E-state index contributed by atoms with van der Waals surface area (Å²) in [6.07, 6.45) is 1.62. The fourth-order valence-electron chi connectivity index (χ4n) is 0.824. The van der Waals surface area contributed by atoms with Gasteiger partial charge in [0.05, 0.1) is 6.20 Å². The highest BCUT2D eigenvalue weighted by Gasteiger charge is 2.01. The van der Waals surface area contributed by atoms with Crippen molar-refractivity contribution in [2.24, 2.45) is 0 Å². The fourth-order valence-corrected chi connectivity index (χ4v) is 0.824. The minimum absolute atomic E-state index is 0.172. The second-order valence-corrected chi connectivity index (χ2v) is 2.45.